The van der Waals surface area contributed by atoms with Crippen molar-refractivity contribution < 1.29 is 14.5 Å². The van der Waals surface area contributed by atoms with Crippen LogP contribution in [0, 0.1) is 10.1 Å². The highest BCUT2D eigenvalue weighted by Crippen LogP contribution is 2.28. The Hall–Kier alpha value is -3.48. The normalized spacial score (nSPS) is 10.4. The van der Waals surface area contributed by atoms with Crippen molar-refractivity contribution in [3.8, 4) is 5.75 Å². The summed E-state index contributed by atoms with van der Waals surface area (Å²) in [5.74, 6) is -0.320. The number of nitrogens with zero attached hydrogens (tertiary/aromatic N) is 2. The smallest absolute Gasteiger partial charge is 0.311 e. The second-order valence-electron chi connectivity index (χ2n) is 5.24. The molecular weight excluding hydrogens is 322 g/mol. The molecule has 3 rings (SSSR count). The number of aromatic nitrogens is 1. The van der Waals surface area contributed by atoms with Crippen molar-refractivity contribution in [2.24, 2.45) is 0 Å². The van der Waals surface area contributed by atoms with Crippen LogP contribution in [-0.4, -0.2) is 22.4 Å². The third-order valence-corrected chi connectivity index (χ3v) is 3.57. The average Bonchev–Trinajstić information content (AvgIpc) is 2.62. The van der Waals surface area contributed by atoms with Crippen LogP contribution in [0.5, 0.6) is 5.75 Å². The van der Waals surface area contributed by atoms with Crippen LogP contribution in [0.15, 0.2) is 54.7 Å². The Morgan fingerprint density at radius 1 is 1.24 bits per heavy atom. The molecule has 1 heterocycles. The molecule has 25 heavy (non-hydrogen) atoms. The van der Waals surface area contributed by atoms with E-state index in [2.05, 4.69) is 10.3 Å². The first kappa shape index (κ1) is 16.4. The van der Waals surface area contributed by atoms with Crippen LogP contribution in [0.3, 0.4) is 0 Å². The lowest BCUT2D eigenvalue weighted by Gasteiger charge is -2.08. The van der Waals surface area contributed by atoms with Crippen molar-refractivity contribution >= 4 is 28.2 Å². The number of nitro benzene ring substituents is 1. The van der Waals surface area contributed by atoms with Gasteiger partial charge in [0.05, 0.1) is 28.9 Å². The zero-order chi connectivity index (χ0) is 17.8. The minimum atomic E-state index is -0.570. The van der Waals surface area contributed by atoms with E-state index < -0.39 is 10.8 Å². The van der Waals surface area contributed by atoms with Gasteiger partial charge in [-0.3, -0.25) is 19.9 Å². The molecule has 7 nitrogen and oxygen atoms in total. The second kappa shape index (κ2) is 6.96. The minimum Gasteiger partial charge on any atom is -0.487 e. The number of ether oxygens (including phenoxy) is 1. The summed E-state index contributed by atoms with van der Waals surface area (Å²) in [4.78, 5) is 27.3. The van der Waals surface area contributed by atoms with Gasteiger partial charge in [-0.2, -0.15) is 0 Å². The predicted octanol–water partition coefficient (Wildman–Crippen LogP) is 3.79. The number of nitrogens with one attached hydrogen (secondary N) is 1. The van der Waals surface area contributed by atoms with E-state index >= 15 is 0 Å². The SMILES string of the molecule is CCOc1ccc(C(=O)Nc2cnc3ccccc3c2)cc1[N+](=O)[O-]. The maximum Gasteiger partial charge on any atom is 0.311 e. The van der Waals surface area contributed by atoms with E-state index in [1.54, 1.807) is 19.2 Å². The summed E-state index contributed by atoms with van der Waals surface area (Å²) in [6.07, 6.45) is 1.54. The van der Waals surface area contributed by atoms with E-state index in [1.807, 2.05) is 24.3 Å². The molecule has 0 aliphatic heterocycles. The van der Waals surface area contributed by atoms with Crippen molar-refractivity contribution in [2.45, 2.75) is 6.92 Å². The van der Waals surface area contributed by atoms with Crippen LogP contribution in [0.1, 0.15) is 17.3 Å². The number of hydrogen-bond donors (Lipinski definition) is 1. The lowest BCUT2D eigenvalue weighted by molar-refractivity contribution is -0.385. The van der Waals surface area contributed by atoms with Gasteiger partial charge in [0.2, 0.25) is 0 Å². The van der Waals surface area contributed by atoms with Crippen LogP contribution in [-0.2, 0) is 0 Å². The van der Waals surface area contributed by atoms with E-state index in [4.69, 9.17) is 4.74 Å². The van der Waals surface area contributed by atoms with E-state index in [0.29, 0.717) is 12.3 Å². The molecule has 0 saturated carbocycles. The number of pyridine rings is 1. The third kappa shape index (κ3) is 3.55. The number of carbonyl (C=O) groups excluding carboxylic acids is 1. The van der Waals surface area contributed by atoms with Gasteiger partial charge >= 0.3 is 5.69 Å². The third-order valence-electron chi connectivity index (χ3n) is 3.57. The lowest BCUT2D eigenvalue weighted by atomic mass is 10.1. The molecule has 0 atom stereocenters. The maximum absolute atomic E-state index is 12.4. The molecular formula is C18H15N3O4. The maximum atomic E-state index is 12.4. The highest BCUT2D eigenvalue weighted by molar-refractivity contribution is 6.05. The largest absolute Gasteiger partial charge is 0.487 e. The molecule has 0 aliphatic rings. The first-order valence-electron chi connectivity index (χ1n) is 7.66. The fraction of sp³-hybridized carbons (Fsp3) is 0.111. The highest BCUT2D eigenvalue weighted by Gasteiger charge is 2.18. The van der Waals surface area contributed by atoms with Gasteiger partial charge in [-0.1, -0.05) is 18.2 Å². The fourth-order valence-electron chi connectivity index (χ4n) is 2.42. The Bertz CT molecular complexity index is 956. The molecule has 0 radical (unpaired) electrons. The Labute approximate surface area is 143 Å². The van der Waals surface area contributed by atoms with Crippen LogP contribution >= 0.6 is 0 Å². The van der Waals surface area contributed by atoms with Crippen molar-refractivity contribution in [3.63, 3.8) is 0 Å². The van der Waals surface area contributed by atoms with Crippen LogP contribution in [0.25, 0.3) is 10.9 Å². The molecule has 0 fully saturated rings. The summed E-state index contributed by atoms with van der Waals surface area (Å²) in [6.45, 7) is 2.03. The first-order chi connectivity index (χ1) is 12.1. The molecule has 0 bridgehead atoms. The molecule has 7 heteroatoms. The lowest BCUT2D eigenvalue weighted by Crippen LogP contribution is -2.12. The van der Waals surface area contributed by atoms with Crippen molar-refractivity contribution in [1.29, 1.82) is 0 Å². The summed E-state index contributed by atoms with van der Waals surface area (Å²) < 4.78 is 5.22. The number of amides is 1. The monoisotopic (exact) mass is 337 g/mol. The van der Waals surface area contributed by atoms with Gasteiger partial charge in [0.25, 0.3) is 5.91 Å². The number of anilines is 1. The van der Waals surface area contributed by atoms with Crippen molar-refractivity contribution in [2.75, 3.05) is 11.9 Å². The second-order valence-corrected chi connectivity index (χ2v) is 5.24. The molecule has 1 aromatic heterocycles. The van der Waals surface area contributed by atoms with Crippen molar-refractivity contribution in [3.05, 3.63) is 70.4 Å². The van der Waals surface area contributed by atoms with E-state index in [-0.39, 0.29) is 17.0 Å². The van der Waals surface area contributed by atoms with Gasteiger partial charge in [0, 0.05) is 17.0 Å². The number of rotatable bonds is 5. The van der Waals surface area contributed by atoms with Gasteiger partial charge in [0.1, 0.15) is 0 Å². The molecule has 1 N–H and O–H groups in total. The summed E-state index contributed by atoms with van der Waals surface area (Å²) in [5.41, 5.74) is 1.26. The van der Waals surface area contributed by atoms with Gasteiger partial charge < -0.3 is 10.1 Å². The van der Waals surface area contributed by atoms with Crippen LogP contribution in [0.4, 0.5) is 11.4 Å². The quantitative estimate of drug-likeness (QED) is 0.564. The van der Waals surface area contributed by atoms with Gasteiger partial charge in [-0.15, -0.1) is 0 Å². The number of hydrogen-bond acceptors (Lipinski definition) is 5. The predicted molar refractivity (Wildman–Crippen MR) is 94.0 cm³/mol. The molecule has 0 saturated heterocycles. The zero-order valence-electron chi connectivity index (χ0n) is 13.4. The van der Waals surface area contributed by atoms with E-state index in [0.717, 1.165) is 10.9 Å². The van der Waals surface area contributed by atoms with E-state index in [9.17, 15) is 14.9 Å². The highest BCUT2D eigenvalue weighted by atomic mass is 16.6. The van der Waals surface area contributed by atoms with Crippen molar-refractivity contribution in [1.82, 2.24) is 4.98 Å². The molecule has 126 valence electrons. The van der Waals surface area contributed by atoms with Gasteiger partial charge in [-0.25, -0.2) is 0 Å². The van der Waals surface area contributed by atoms with Gasteiger partial charge in [-0.05, 0) is 31.2 Å². The molecule has 0 aliphatic carbocycles. The zero-order valence-corrected chi connectivity index (χ0v) is 13.4. The summed E-state index contributed by atoms with van der Waals surface area (Å²) in [5, 5.41) is 14.8. The molecule has 2 aromatic carbocycles. The molecule has 1 amide bonds. The number of carbonyl (C=O) groups is 1. The summed E-state index contributed by atoms with van der Waals surface area (Å²) >= 11 is 0. The summed E-state index contributed by atoms with van der Waals surface area (Å²) in [7, 11) is 0. The topological polar surface area (TPSA) is 94.4 Å². The number of para-hydroxylation sites is 1. The Morgan fingerprint density at radius 3 is 2.80 bits per heavy atom. The standard InChI is InChI=1S/C18H15N3O4/c1-2-25-17-8-7-13(10-16(17)21(23)24)18(22)20-14-9-12-5-3-4-6-15(12)19-11-14/h3-11H,2H2,1H3,(H,20,22). The van der Waals surface area contributed by atoms with E-state index in [1.165, 1.54) is 18.2 Å². The Kier molecular flexibility index (Phi) is 4.56. The number of nitro groups is 1. The molecule has 0 unspecified atom stereocenters. The molecule has 0 spiro atoms. The van der Waals surface area contributed by atoms with Crippen LogP contribution in [0.2, 0.25) is 0 Å². The Balaban J connectivity index is 1.86. The first-order valence-corrected chi connectivity index (χ1v) is 7.66. The minimum absolute atomic E-state index is 0.136. The average molecular weight is 337 g/mol. The van der Waals surface area contributed by atoms with Crippen LogP contribution < -0.4 is 10.1 Å². The number of benzene rings is 2. The fourth-order valence-corrected chi connectivity index (χ4v) is 2.42. The summed E-state index contributed by atoms with van der Waals surface area (Å²) in [6, 6.07) is 13.4. The Morgan fingerprint density at radius 2 is 2.04 bits per heavy atom. The number of fused-ring (bicyclic) bond motifs is 1. The molecule has 3 aromatic rings. The van der Waals surface area contributed by atoms with Gasteiger partial charge in [0.15, 0.2) is 5.75 Å².